The van der Waals surface area contributed by atoms with E-state index in [1.165, 1.54) is 28.9 Å². The molecule has 6 unspecified atom stereocenters. The molecular formula is C61H82N8O11. The van der Waals surface area contributed by atoms with Gasteiger partial charge in [0.1, 0.15) is 41.7 Å². The van der Waals surface area contributed by atoms with E-state index in [0.29, 0.717) is 57.6 Å². The van der Waals surface area contributed by atoms with Crippen LogP contribution in [0.15, 0.2) is 97.1 Å². The van der Waals surface area contributed by atoms with Crippen LogP contribution < -0.4 is 36.6 Å². The summed E-state index contributed by atoms with van der Waals surface area (Å²) in [4.78, 5) is 100.0. The van der Waals surface area contributed by atoms with Crippen molar-refractivity contribution in [1.29, 1.82) is 0 Å². The summed E-state index contributed by atoms with van der Waals surface area (Å²) in [5.74, 6) is -3.11. The van der Waals surface area contributed by atoms with Crippen LogP contribution in [0.2, 0.25) is 0 Å². The van der Waals surface area contributed by atoms with Gasteiger partial charge in [-0.3, -0.25) is 38.9 Å². The van der Waals surface area contributed by atoms with E-state index in [1.807, 2.05) is 74.5 Å². The Morgan fingerprint density at radius 3 is 1.93 bits per heavy atom. The summed E-state index contributed by atoms with van der Waals surface area (Å²) >= 11 is 0. The van der Waals surface area contributed by atoms with Crippen LogP contribution in [0.5, 0.6) is 11.5 Å². The predicted octanol–water partition coefficient (Wildman–Crippen LogP) is 5.22. The lowest BCUT2D eigenvalue weighted by molar-refractivity contribution is -0.144. The Morgan fingerprint density at radius 2 is 1.32 bits per heavy atom. The first kappa shape index (κ1) is 61.9. The van der Waals surface area contributed by atoms with Gasteiger partial charge < -0.3 is 56.1 Å². The summed E-state index contributed by atoms with van der Waals surface area (Å²) in [6.45, 7) is 10.7. The first-order valence-electron chi connectivity index (χ1n) is 28.2. The van der Waals surface area contributed by atoms with Crippen molar-refractivity contribution in [3.05, 3.63) is 108 Å². The molecule has 0 aliphatic carbocycles. The van der Waals surface area contributed by atoms with Gasteiger partial charge in [0.2, 0.25) is 35.4 Å². The van der Waals surface area contributed by atoms with Crippen molar-refractivity contribution in [2.24, 2.45) is 5.92 Å². The van der Waals surface area contributed by atoms with Crippen molar-refractivity contribution in [3.63, 3.8) is 0 Å². The number of hydrogen-bond donors (Lipinski definition) is 8. The number of carbonyl (C=O) groups is 7. The lowest BCUT2D eigenvalue weighted by Crippen LogP contribution is -2.60. The molecule has 2 heterocycles. The van der Waals surface area contributed by atoms with E-state index in [-0.39, 0.29) is 49.5 Å². The number of likely N-dealkylation sites (tertiary alicyclic amines) is 2. The van der Waals surface area contributed by atoms with Gasteiger partial charge in [0.15, 0.2) is 0 Å². The third kappa shape index (κ3) is 17.6. The summed E-state index contributed by atoms with van der Waals surface area (Å²) in [5.41, 5.74) is 5.01. The van der Waals surface area contributed by atoms with E-state index in [2.05, 4.69) is 38.8 Å². The highest BCUT2D eigenvalue weighted by molar-refractivity contribution is 5.99. The Labute approximate surface area is 470 Å². The second kappa shape index (κ2) is 30.9. The largest absolute Gasteiger partial charge is 0.508 e. The number of carbonyl (C=O) groups excluding carboxylic acids is 7. The molecule has 7 amide bonds. The van der Waals surface area contributed by atoms with E-state index < -0.39 is 78.3 Å². The maximum atomic E-state index is 14.3. The molecule has 8 N–H and O–H groups in total. The van der Waals surface area contributed by atoms with Crippen LogP contribution in [0.25, 0.3) is 22.3 Å². The molecule has 80 heavy (non-hydrogen) atoms. The molecule has 432 valence electrons. The molecule has 0 radical (unpaired) electrons. The summed E-state index contributed by atoms with van der Waals surface area (Å²) in [5, 5.41) is 37.8. The normalized spacial score (nSPS) is 17.8. The summed E-state index contributed by atoms with van der Waals surface area (Å²) in [6, 6.07) is 23.9. The van der Waals surface area contributed by atoms with Crippen LogP contribution in [-0.2, 0) is 39.9 Å². The number of aliphatic hydroxyl groups is 1. The summed E-state index contributed by atoms with van der Waals surface area (Å²) < 4.78 is 11.0. The topological polar surface area (TPSA) is 257 Å². The van der Waals surface area contributed by atoms with Crippen molar-refractivity contribution in [2.75, 3.05) is 46.5 Å². The Balaban J connectivity index is 1.05. The van der Waals surface area contributed by atoms with E-state index in [1.54, 1.807) is 38.3 Å². The molecule has 0 bridgehead atoms. The Kier molecular flexibility index (Phi) is 23.9. The van der Waals surface area contributed by atoms with Crippen LogP contribution >= 0.6 is 0 Å². The third-order valence-corrected chi connectivity index (χ3v) is 14.7. The number of benzene rings is 4. The number of rotatable bonds is 29. The number of amides is 7. The molecule has 19 nitrogen and oxygen atoms in total. The Hall–Kier alpha value is -7.35. The van der Waals surface area contributed by atoms with E-state index in [4.69, 9.17) is 9.47 Å². The fraction of sp³-hybridized carbons (Fsp3) is 0.492. The predicted molar refractivity (Wildman–Crippen MR) is 305 cm³/mol. The van der Waals surface area contributed by atoms with Crippen LogP contribution in [0.1, 0.15) is 108 Å². The van der Waals surface area contributed by atoms with Gasteiger partial charge in [-0.15, -0.1) is 0 Å². The number of methoxy groups -OCH3 is 1. The molecule has 4 aromatic carbocycles. The smallest absolute Gasteiger partial charge is 0.251 e. The number of aryl methyl sites for hydroxylation is 1. The minimum Gasteiger partial charge on any atom is -0.508 e. The second-order valence-electron chi connectivity index (χ2n) is 20.9. The number of hydrogen-bond acceptors (Lipinski definition) is 12. The standard InChI is InChI=1S/C61H82N8O11/c1-7-10-11-34-80-48-29-25-45(26-30-48)43-19-17-42(18-20-43)44-21-23-46(24-22-44)56(73)63-37-54(72)67-55(40(5)70)61(78)68-33-12-13-51(68)58(75)65-50(31-16-41-14-27-47(71)28-15-41)57(74)64-49(8-2)60(77)69-38-39(4)36-52(69)59(76)66-53(9-3)62-32-35-79-6/h14-15,17-30,39-40,49-53,55,62,70-71H,7-13,16,31-38H2,1-6H3,(H,63,73)(H,64,74)(H,65,75)(H,66,76)(H,67,72)/t39-,40-,49?,50?,51?,52?,53?,55?/m1/s1. The number of unbranched alkanes of at least 4 members (excludes halogenated alkanes) is 2. The highest BCUT2D eigenvalue weighted by Gasteiger charge is 2.43. The second-order valence-corrected chi connectivity index (χ2v) is 20.9. The molecule has 6 rings (SSSR count). The zero-order chi connectivity index (χ0) is 57.7. The average Bonchev–Trinajstić information content (AvgIpc) is 4.14. The van der Waals surface area contributed by atoms with Gasteiger partial charge in [0.05, 0.1) is 32.0 Å². The van der Waals surface area contributed by atoms with Crippen LogP contribution in [0.4, 0.5) is 0 Å². The van der Waals surface area contributed by atoms with Gasteiger partial charge in [-0.05, 0) is 128 Å². The van der Waals surface area contributed by atoms with Crippen LogP contribution in [0.3, 0.4) is 0 Å². The first-order chi connectivity index (χ1) is 38.5. The molecule has 0 aromatic heterocycles. The maximum absolute atomic E-state index is 14.3. The molecule has 4 aromatic rings. The highest BCUT2D eigenvalue weighted by Crippen LogP contribution is 2.28. The lowest BCUT2D eigenvalue weighted by atomic mass is 9.99. The first-order valence-corrected chi connectivity index (χ1v) is 28.2. The molecule has 0 spiro atoms. The number of nitrogens with zero attached hydrogens (tertiary/aromatic N) is 2. The quantitative estimate of drug-likeness (QED) is 0.0257. The van der Waals surface area contributed by atoms with Gasteiger partial charge in [-0.2, -0.15) is 0 Å². The van der Waals surface area contributed by atoms with Crippen molar-refractivity contribution in [1.82, 2.24) is 41.7 Å². The van der Waals surface area contributed by atoms with Crippen molar-refractivity contribution >= 4 is 41.4 Å². The third-order valence-electron chi connectivity index (χ3n) is 14.7. The van der Waals surface area contributed by atoms with E-state index in [9.17, 15) is 43.8 Å². The number of phenolic OH excluding ortho intramolecular Hbond substituents is 1. The maximum Gasteiger partial charge on any atom is 0.251 e. The van der Waals surface area contributed by atoms with Gasteiger partial charge >= 0.3 is 0 Å². The summed E-state index contributed by atoms with van der Waals surface area (Å²) in [7, 11) is 1.59. The molecule has 2 aliphatic rings. The molecule has 8 atom stereocenters. The van der Waals surface area contributed by atoms with Gasteiger partial charge in [-0.1, -0.05) is 101 Å². The van der Waals surface area contributed by atoms with Crippen LogP contribution in [-0.4, -0.2) is 150 Å². The molecule has 0 saturated carbocycles. The fourth-order valence-electron chi connectivity index (χ4n) is 10.1. The molecule has 2 aliphatic heterocycles. The minimum atomic E-state index is -1.48. The Bertz CT molecular complexity index is 2670. The van der Waals surface area contributed by atoms with E-state index >= 15 is 0 Å². The number of aromatic hydroxyl groups is 1. The van der Waals surface area contributed by atoms with Gasteiger partial charge in [0, 0.05) is 32.3 Å². The minimum absolute atomic E-state index is 0.0173. The monoisotopic (exact) mass is 1100 g/mol. The highest BCUT2D eigenvalue weighted by atomic mass is 16.5. The SMILES string of the molecule is CCCCCOc1ccc(-c2ccc(-c3ccc(C(=O)NCC(=O)NC(C(=O)N4CCCC4C(=O)NC(CCc4ccc(O)cc4)C(=O)NC(CC)C(=O)N4C[C@H](C)CC4C(=O)NC(CC)NCCOC)[C@@H](C)O)cc3)cc2)cc1. The number of phenols is 1. The number of nitrogens with one attached hydrogen (secondary N) is 6. The van der Waals surface area contributed by atoms with Crippen molar-refractivity contribution in [2.45, 2.75) is 141 Å². The lowest BCUT2D eigenvalue weighted by Gasteiger charge is -2.32. The number of aliphatic hydroxyl groups excluding tert-OH is 1. The van der Waals surface area contributed by atoms with Gasteiger partial charge in [-0.25, -0.2) is 0 Å². The van der Waals surface area contributed by atoms with Crippen molar-refractivity contribution < 1.29 is 53.2 Å². The summed E-state index contributed by atoms with van der Waals surface area (Å²) in [6.07, 6.45) is 3.82. The van der Waals surface area contributed by atoms with Crippen LogP contribution in [0, 0.1) is 5.92 Å². The average molecular weight is 1100 g/mol. The van der Waals surface area contributed by atoms with Crippen molar-refractivity contribution in [3.8, 4) is 33.8 Å². The van der Waals surface area contributed by atoms with E-state index in [0.717, 1.165) is 52.8 Å². The molecule has 19 heteroatoms. The fourth-order valence-corrected chi connectivity index (χ4v) is 10.1. The molecule has 2 fully saturated rings. The molecule has 2 saturated heterocycles. The number of ether oxygens (including phenoxy) is 2. The van der Waals surface area contributed by atoms with Gasteiger partial charge in [0.25, 0.3) is 5.91 Å². The molecular weight excluding hydrogens is 1020 g/mol. The Morgan fingerprint density at radius 1 is 0.700 bits per heavy atom. The zero-order valence-electron chi connectivity index (χ0n) is 47.1. The zero-order valence-corrected chi connectivity index (χ0v) is 47.1.